The van der Waals surface area contributed by atoms with Crippen molar-refractivity contribution in [2.75, 3.05) is 0 Å². The van der Waals surface area contributed by atoms with Crippen molar-refractivity contribution >= 4 is 17.4 Å². The van der Waals surface area contributed by atoms with Crippen LogP contribution in [0.2, 0.25) is 5.02 Å². The van der Waals surface area contributed by atoms with Crippen molar-refractivity contribution in [1.29, 1.82) is 0 Å². The van der Waals surface area contributed by atoms with Crippen LogP contribution in [0.3, 0.4) is 0 Å². The molecule has 0 aliphatic carbocycles. The molecule has 0 aliphatic rings. The molecule has 0 heterocycles. The highest BCUT2D eigenvalue weighted by molar-refractivity contribution is 6.31. The van der Waals surface area contributed by atoms with Gasteiger partial charge in [-0.15, -0.1) is 12.3 Å². The Morgan fingerprint density at radius 1 is 1.57 bits per heavy atom. The van der Waals surface area contributed by atoms with Gasteiger partial charge in [0.2, 0.25) is 0 Å². The van der Waals surface area contributed by atoms with E-state index < -0.39 is 0 Å². The number of hydrogen-bond donors (Lipinski definition) is 0. The minimum atomic E-state index is 0.0720. The molecular formula is C12H11ClO. The van der Waals surface area contributed by atoms with Crippen LogP contribution in [0.1, 0.15) is 28.8 Å². The summed E-state index contributed by atoms with van der Waals surface area (Å²) in [6.07, 6.45) is 5.97. The van der Waals surface area contributed by atoms with Gasteiger partial charge in [0.05, 0.1) is 0 Å². The number of benzene rings is 1. The second kappa shape index (κ2) is 4.83. The SMILES string of the molecule is C#CCCC(=O)c1ccc(Cl)c(C)c1. The third-order valence-corrected chi connectivity index (χ3v) is 2.40. The van der Waals surface area contributed by atoms with Gasteiger partial charge < -0.3 is 0 Å². The van der Waals surface area contributed by atoms with Gasteiger partial charge in [-0.1, -0.05) is 11.6 Å². The number of Topliss-reactive ketones (excluding diaryl/α,β-unsaturated/α-hetero) is 1. The number of halogens is 1. The zero-order chi connectivity index (χ0) is 10.6. The Balaban J connectivity index is 2.82. The molecule has 2 heteroatoms. The summed E-state index contributed by atoms with van der Waals surface area (Å²) >= 11 is 5.85. The molecule has 14 heavy (non-hydrogen) atoms. The number of terminal acetylenes is 1. The Bertz CT molecular complexity index is 388. The zero-order valence-electron chi connectivity index (χ0n) is 8.01. The Labute approximate surface area is 89.1 Å². The number of ketones is 1. The van der Waals surface area contributed by atoms with Crippen LogP contribution in [0.5, 0.6) is 0 Å². The summed E-state index contributed by atoms with van der Waals surface area (Å²) in [5, 5.41) is 0.679. The Hall–Kier alpha value is -1.26. The normalized spacial score (nSPS) is 9.50. The van der Waals surface area contributed by atoms with E-state index in [0.717, 1.165) is 5.56 Å². The molecule has 1 nitrogen and oxygen atoms in total. The molecule has 0 saturated heterocycles. The molecule has 72 valence electrons. The summed E-state index contributed by atoms with van der Waals surface area (Å²) in [5.74, 6) is 2.52. The van der Waals surface area contributed by atoms with E-state index >= 15 is 0 Å². The molecule has 0 aromatic heterocycles. The average Bonchev–Trinajstić information content (AvgIpc) is 2.18. The monoisotopic (exact) mass is 206 g/mol. The van der Waals surface area contributed by atoms with Crippen molar-refractivity contribution < 1.29 is 4.79 Å². The molecule has 0 N–H and O–H groups in total. The molecular weight excluding hydrogens is 196 g/mol. The van der Waals surface area contributed by atoms with Gasteiger partial charge in [0.1, 0.15) is 0 Å². The topological polar surface area (TPSA) is 17.1 Å². The van der Waals surface area contributed by atoms with E-state index in [-0.39, 0.29) is 5.78 Å². The molecule has 0 saturated carbocycles. The number of carbonyl (C=O) groups excluding carboxylic acids is 1. The number of aryl methyl sites for hydroxylation is 1. The van der Waals surface area contributed by atoms with Crippen LogP contribution in [0.25, 0.3) is 0 Å². The molecule has 0 bridgehead atoms. The van der Waals surface area contributed by atoms with Gasteiger partial charge in [0.25, 0.3) is 0 Å². The van der Waals surface area contributed by atoms with Gasteiger partial charge >= 0.3 is 0 Å². The molecule has 0 unspecified atom stereocenters. The quantitative estimate of drug-likeness (QED) is 0.548. The molecule has 0 spiro atoms. The van der Waals surface area contributed by atoms with E-state index in [1.807, 2.05) is 6.92 Å². The maximum absolute atomic E-state index is 11.5. The van der Waals surface area contributed by atoms with Crippen LogP contribution < -0.4 is 0 Å². The van der Waals surface area contributed by atoms with E-state index in [0.29, 0.717) is 23.4 Å². The highest BCUT2D eigenvalue weighted by atomic mass is 35.5. The summed E-state index contributed by atoms with van der Waals surface area (Å²) in [7, 11) is 0. The van der Waals surface area contributed by atoms with Crippen molar-refractivity contribution in [1.82, 2.24) is 0 Å². The fourth-order valence-electron chi connectivity index (χ4n) is 1.15. The van der Waals surface area contributed by atoms with Crippen LogP contribution in [0.15, 0.2) is 18.2 Å². The van der Waals surface area contributed by atoms with Gasteiger partial charge in [-0.2, -0.15) is 0 Å². The molecule has 0 amide bonds. The van der Waals surface area contributed by atoms with Crippen LogP contribution in [-0.2, 0) is 0 Å². The van der Waals surface area contributed by atoms with Crippen LogP contribution in [0, 0.1) is 19.3 Å². The van der Waals surface area contributed by atoms with Crippen LogP contribution >= 0.6 is 11.6 Å². The fraction of sp³-hybridized carbons (Fsp3) is 0.250. The van der Waals surface area contributed by atoms with Crippen molar-refractivity contribution in [2.24, 2.45) is 0 Å². The first-order chi connectivity index (χ1) is 6.65. The zero-order valence-corrected chi connectivity index (χ0v) is 8.77. The van der Waals surface area contributed by atoms with Crippen molar-refractivity contribution in [2.45, 2.75) is 19.8 Å². The first-order valence-electron chi connectivity index (χ1n) is 4.38. The molecule has 1 aromatic carbocycles. The van der Waals surface area contributed by atoms with Gasteiger partial charge in [-0.3, -0.25) is 4.79 Å². The summed E-state index contributed by atoms with van der Waals surface area (Å²) < 4.78 is 0. The predicted molar refractivity (Wildman–Crippen MR) is 58.6 cm³/mol. The number of rotatable bonds is 3. The van der Waals surface area contributed by atoms with E-state index in [9.17, 15) is 4.79 Å². The van der Waals surface area contributed by atoms with Crippen LogP contribution in [0.4, 0.5) is 0 Å². The third kappa shape index (κ3) is 2.61. The minimum absolute atomic E-state index is 0.0720. The Morgan fingerprint density at radius 3 is 2.86 bits per heavy atom. The second-order valence-electron chi connectivity index (χ2n) is 3.09. The van der Waals surface area contributed by atoms with Gasteiger partial charge in [-0.05, 0) is 30.7 Å². The van der Waals surface area contributed by atoms with Crippen LogP contribution in [-0.4, -0.2) is 5.78 Å². The summed E-state index contributed by atoms with van der Waals surface area (Å²) in [4.78, 5) is 11.5. The molecule has 0 radical (unpaired) electrons. The minimum Gasteiger partial charge on any atom is -0.294 e. The molecule has 0 fully saturated rings. The lowest BCUT2D eigenvalue weighted by atomic mass is 10.0. The fourth-order valence-corrected chi connectivity index (χ4v) is 1.27. The average molecular weight is 207 g/mol. The smallest absolute Gasteiger partial charge is 0.163 e. The first-order valence-corrected chi connectivity index (χ1v) is 4.75. The lowest BCUT2D eigenvalue weighted by Gasteiger charge is -2.01. The van der Waals surface area contributed by atoms with E-state index in [1.54, 1.807) is 18.2 Å². The molecule has 0 aliphatic heterocycles. The summed E-state index contributed by atoms with van der Waals surface area (Å²) in [6.45, 7) is 1.88. The molecule has 0 atom stereocenters. The highest BCUT2D eigenvalue weighted by Gasteiger charge is 2.05. The number of carbonyl (C=O) groups is 1. The number of hydrogen-bond acceptors (Lipinski definition) is 1. The lowest BCUT2D eigenvalue weighted by molar-refractivity contribution is 0.0984. The standard InChI is InChI=1S/C12H11ClO/c1-3-4-5-12(14)10-6-7-11(13)9(2)8-10/h1,6-8H,4-5H2,2H3. The Kier molecular flexibility index (Phi) is 3.73. The van der Waals surface area contributed by atoms with Gasteiger partial charge in [0, 0.05) is 23.4 Å². The summed E-state index contributed by atoms with van der Waals surface area (Å²) in [6, 6.07) is 5.26. The molecule has 1 rings (SSSR count). The summed E-state index contributed by atoms with van der Waals surface area (Å²) in [5.41, 5.74) is 1.60. The maximum Gasteiger partial charge on any atom is 0.163 e. The highest BCUT2D eigenvalue weighted by Crippen LogP contribution is 2.17. The first kappa shape index (κ1) is 10.8. The van der Waals surface area contributed by atoms with Gasteiger partial charge in [-0.25, -0.2) is 0 Å². The van der Waals surface area contributed by atoms with E-state index in [2.05, 4.69) is 5.92 Å². The van der Waals surface area contributed by atoms with Crippen molar-refractivity contribution in [3.8, 4) is 12.3 Å². The van der Waals surface area contributed by atoms with E-state index in [1.165, 1.54) is 0 Å². The maximum atomic E-state index is 11.5. The van der Waals surface area contributed by atoms with Crippen molar-refractivity contribution in [3.05, 3.63) is 34.3 Å². The molecule has 1 aromatic rings. The van der Waals surface area contributed by atoms with Crippen molar-refractivity contribution in [3.63, 3.8) is 0 Å². The third-order valence-electron chi connectivity index (χ3n) is 1.98. The largest absolute Gasteiger partial charge is 0.294 e. The Morgan fingerprint density at radius 2 is 2.29 bits per heavy atom. The predicted octanol–water partition coefficient (Wildman–Crippen LogP) is 3.24. The lowest BCUT2D eigenvalue weighted by Crippen LogP contribution is -1.98. The van der Waals surface area contributed by atoms with E-state index in [4.69, 9.17) is 18.0 Å². The second-order valence-corrected chi connectivity index (χ2v) is 3.50. The van der Waals surface area contributed by atoms with Gasteiger partial charge in [0.15, 0.2) is 5.78 Å².